The first-order valence-corrected chi connectivity index (χ1v) is 35.6. The molecule has 10 nitrogen and oxygen atoms in total. The molecule has 506 valence electrons. The summed E-state index contributed by atoms with van der Waals surface area (Å²) in [6.07, 6.45) is 0. The van der Waals surface area contributed by atoms with Crippen molar-refractivity contribution < 1.29 is 18.9 Å². The minimum absolute atomic E-state index is 0.163. The van der Waals surface area contributed by atoms with Crippen LogP contribution in [-0.4, -0.2) is 49.8 Å². The van der Waals surface area contributed by atoms with Crippen LogP contribution in [0.5, 0.6) is 0 Å². The molecule has 3 heterocycles. The Balaban J connectivity index is 0.000000138. The topological polar surface area (TPSA) is 156 Å². The van der Waals surface area contributed by atoms with E-state index in [9.17, 15) is 9.59 Å². The van der Waals surface area contributed by atoms with Gasteiger partial charge in [0.1, 0.15) is 0 Å². The molecule has 1 aliphatic heterocycles. The van der Waals surface area contributed by atoms with Crippen molar-refractivity contribution in [1.82, 2.24) is 19.9 Å². The molecular formula is C90H75BBr2N6O4. The van der Waals surface area contributed by atoms with Crippen molar-refractivity contribution in [3.63, 3.8) is 0 Å². The zero-order valence-electron chi connectivity index (χ0n) is 57.5. The highest BCUT2D eigenvalue weighted by atomic mass is 79.9. The number of ketones is 2. The Morgan fingerprint density at radius 1 is 0.301 bits per heavy atom. The molecule has 15 rings (SSSR count). The number of rotatable bonds is 15. The number of nitrogens with zero attached hydrogens (tertiary/aromatic N) is 4. The van der Waals surface area contributed by atoms with Gasteiger partial charge in [-0.2, -0.15) is 0 Å². The van der Waals surface area contributed by atoms with Gasteiger partial charge in [0.25, 0.3) is 0 Å². The number of halogens is 2. The Morgan fingerprint density at radius 2 is 0.544 bits per heavy atom. The van der Waals surface area contributed by atoms with Gasteiger partial charge in [0, 0.05) is 76.7 Å². The fraction of sp³-hybridized carbons (Fsp3) is 0.0889. The second kappa shape index (κ2) is 33.7. The molecule has 0 amide bonds. The van der Waals surface area contributed by atoms with E-state index in [4.69, 9.17) is 40.7 Å². The van der Waals surface area contributed by atoms with Gasteiger partial charge in [-0.3, -0.25) is 9.59 Å². The van der Waals surface area contributed by atoms with Crippen LogP contribution in [0.25, 0.3) is 90.1 Å². The summed E-state index contributed by atoms with van der Waals surface area (Å²) in [5.74, 6) is -0.971. The number of benzene rings is 12. The van der Waals surface area contributed by atoms with E-state index in [1.165, 1.54) is 0 Å². The van der Waals surface area contributed by atoms with Crippen LogP contribution in [0.1, 0.15) is 71.6 Å². The summed E-state index contributed by atoms with van der Waals surface area (Å²) in [6, 6.07) is 113. The lowest BCUT2D eigenvalue weighted by Gasteiger charge is -2.32. The summed E-state index contributed by atoms with van der Waals surface area (Å²) in [5.41, 5.74) is 30.4. The summed E-state index contributed by atoms with van der Waals surface area (Å²) >= 11 is 6.88. The third kappa shape index (κ3) is 17.7. The normalized spacial score (nSPS) is 13.1. The van der Waals surface area contributed by atoms with Crippen molar-refractivity contribution in [1.29, 1.82) is 0 Å². The Bertz CT molecular complexity index is 5070. The summed E-state index contributed by atoms with van der Waals surface area (Å²) in [4.78, 5) is 44.9. The highest BCUT2D eigenvalue weighted by Crippen LogP contribution is 2.41. The van der Waals surface area contributed by atoms with Gasteiger partial charge in [-0.05, 0) is 68.6 Å². The van der Waals surface area contributed by atoms with E-state index >= 15 is 0 Å². The zero-order chi connectivity index (χ0) is 71.7. The molecule has 12 aromatic carbocycles. The fourth-order valence-corrected chi connectivity index (χ4v) is 12.5. The van der Waals surface area contributed by atoms with Crippen molar-refractivity contribution in [3.05, 3.63) is 377 Å². The average molecular weight is 1480 g/mol. The second-order valence-electron chi connectivity index (χ2n) is 25.6. The van der Waals surface area contributed by atoms with Crippen molar-refractivity contribution >= 4 is 56.0 Å². The van der Waals surface area contributed by atoms with Gasteiger partial charge < -0.3 is 20.8 Å². The Kier molecular flexibility index (Phi) is 23.5. The molecular weight excluding hydrogens is 1400 g/mol. The SMILES string of the molecule is Brc1cccc(-c2nc(-c3ccccc3)c(-c3ccccc3)nc2-c2ccccc2)c1.CC1(C)OB(c2cccc(-c3nc(-c4ccccc4)c(-c4ccccc4)nc3-c3ccccc3)c2)OC1(C)C.NC(c1ccccc1)C(N)c1ccccc1.O=C(C(=O)c1cccc(Br)c1)c1ccccc1. The van der Waals surface area contributed by atoms with E-state index in [0.29, 0.717) is 11.1 Å². The molecule has 2 unspecified atom stereocenters. The van der Waals surface area contributed by atoms with Gasteiger partial charge in [0.15, 0.2) is 0 Å². The van der Waals surface area contributed by atoms with E-state index < -0.39 is 29.9 Å². The molecule has 0 bridgehead atoms. The minimum Gasteiger partial charge on any atom is -0.399 e. The molecule has 2 aromatic heterocycles. The molecule has 4 N–H and O–H groups in total. The molecule has 103 heavy (non-hydrogen) atoms. The van der Waals surface area contributed by atoms with Crippen LogP contribution in [0.2, 0.25) is 0 Å². The van der Waals surface area contributed by atoms with Gasteiger partial charge in [-0.25, -0.2) is 19.9 Å². The summed E-state index contributed by atoms with van der Waals surface area (Å²) < 4.78 is 14.5. The molecule has 13 heteroatoms. The van der Waals surface area contributed by atoms with E-state index in [1.807, 2.05) is 194 Å². The minimum atomic E-state index is -0.488. The van der Waals surface area contributed by atoms with Crippen molar-refractivity contribution in [2.75, 3.05) is 0 Å². The lowest BCUT2D eigenvalue weighted by atomic mass is 9.78. The standard InChI is InChI=1S/C34H31BN2O2.C28H19BrN2.C14H9BrO2.C14H16N2/c1-33(2)34(3,4)39-35(38-33)28-22-14-21-27(23-28)32-31(26-19-12-7-13-20-26)36-29(24-15-8-5-9-16-24)30(37-32)25-17-10-6-11-18-25;29-24-18-10-17-23(19-24)28-27(22-15-8-3-9-16-22)30-25(20-11-4-1-5-12-20)26(31-28)21-13-6-2-7-14-21;15-12-8-4-7-11(9-12)14(17)13(16)10-5-2-1-3-6-10;15-13(11-7-3-1-4-8-11)14(16)12-9-5-2-6-10-12/h5-23H,1-4H3;1-19H;1-9H;1-10,13-14H,15-16H2. The average Bonchev–Trinajstić information content (AvgIpc) is 1.74. The molecule has 1 fully saturated rings. The quantitative estimate of drug-likeness (QED) is 0.0575. The van der Waals surface area contributed by atoms with Gasteiger partial charge in [0.2, 0.25) is 11.6 Å². The third-order valence-electron chi connectivity index (χ3n) is 17.9. The fourth-order valence-electron chi connectivity index (χ4n) is 11.8. The van der Waals surface area contributed by atoms with E-state index in [0.717, 1.165) is 116 Å². The largest absolute Gasteiger partial charge is 0.494 e. The van der Waals surface area contributed by atoms with Crippen molar-refractivity contribution in [2.24, 2.45) is 11.5 Å². The molecule has 0 saturated carbocycles. The van der Waals surface area contributed by atoms with Crippen molar-refractivity contribution in [2.45, 2.75) is 51.0 Å². The molecule has 1 aliphatic rings. The van der Waals surface area contributed by atoms with E-state index in [-0.39, 0.29) is 12.1 Å². The lowest BCUT2D eigenvalue weighted by Crippen LogP contribution is -2.41. The van der Waals surface area contributed by atoms with Crippen LogP contribution >= 0.6 is 31.9 Å². The van der Waals surface area contributed by atoms with E-state index in [1.54, 1.807) is 48.5 Å². The number of hydrogen-bond donors (Lipinski definition) is 2. The maximum absolute atomic E-state index is 11.9. The number of aromatic nitrogens is 4. The second-order valence-corrected chi connectivity index (χ2v) is 27.4. The van der Waals surface area contributed by atoms with Crippen LogP contribution < -0.4 is 16.9 Å². The van der Waals surface area contributed by atoms with Gasteiger partial charge >= 0.3 is 7.12 Å². The van der Waals surface area contributed by atoms with Gasteiger partial charge in [-0.1, -0.05) is 353 Å². The highest BCUT2D eigenvalue weighted by Gasteiger charge is 2.51. The van der Waals surface area contributed by atoms with Gasteiger partial charge in [0.05, 0.1) is 56.8 Å². The Labute approximate surface area is 620 Å². The predicted octanol–water partition coefficient (Wildman–Crippen LogP) is 21.3. The van der Waals surface area contributed by atoms with Crippen LogP contribution in [0.3, 0.4) is 0 Å². The van der Waals surface area contributed by atoms with Gasteiger partial charge in [-0.15, -0.1) is 0 Å². The molecule has 2 atom stereocenters. The van der Waals surface area contributed by atoms with Crippen LogP contribution in [0, 0.1) is 0 Å². The molecule has 14 aromatic rings. The molecule has 1 saturated heterocycles. The van der Waals surface area contributed by atoms with Crippen LogP contribution in [-0.2, 0) is 9.31 Å². The summed E-state index contributed by atoms with van der Waals surface area (Å²) in [5, 5.41) is 0. The maximum Gasteiger partial charge on any atom is 0.494 e. The molecule has 0 aliphatic carbocycles. The third-order valence-corrected chi connectivity index (χ3v) is 18.9. The number of hydrogen-bond acceptors (Lipinski definition) is 10. The highest BCUT2D eigenvalue weighted by molar-refractivity contribution is 9.10. The van der Waals surface area contributed by atoms with Crippen molar-refractivity contribution in [3.8, 4) is 90.1 Å². The number of carbonyl (C=O) groups is 2. The maximum atomic E-state index is 11.9. The smallest absolute Gasteiger partial charge is 0.399 e. The first kappa shape index (κ1) is 71.8. The van der Waals surface area contributed by atoms with Crippen LogP contribution in [0.4, 0.5) is 0 Å². The Hall–Kier alpha value is -11.0. The van der Waals surface area contributed by atoms with Crippen LogP contribution in [0.15, 0.2) is 355 Å². The molecule has 0 spiro atoms. The summed E-state index contributed by atoms with van der Waals surface area (Å²) in [7, 11) is -0.458. The number of nitrogens with two attached hydrogens (primary N) is 2. The first-order valence-electron chi connectivity index (χ1n) is 34.0. The number of carbonyl (C=O) groups excluding carboxylic acids is 2. The monoisotopic (exact) mass is 1470 g/mol. The lowest BCUT2D eigenvalue weighted by molar-refractivity contribution is 0.00578. The first-order chi connectivity index (χ1) is 50.1. The Morgan fingerprint density at radius 3 is 0.864 bits per heavy atom. The van der Waals surface area contributed by atoms with E-state index in [2.05, 4.69) is 163 Å². The summed E-state index contributed by atoms with van der Waals surface area (Å²) in [6.45, 7) is 8.29. The number of Topliss-reactive ketones (excluding diaryl/α,β-unsaturated/α-hetero) is 2. The predicted molar refractivity (Wildman–Crippen MR) is 427 cm³/mol. The zero-order valence-corrected chi connectivity index (χ0v) is 60.6. The molecule has 0 radical (unpaired) electrons.